The maximum atomic E-state index is 10.5. The van der Waals surface area contributed by atoms with Gasteiger partial charge in [0.05, 0.1) is 4.90 Å². The summed E-state index contributed by atoms with van der Waals surface area (Å²) in [6.45, 7) is 3.63. The van der Waals surface area contributed by atoms with Crippen molar-refractivity contribution in [1.82, 2.24) is 0 Å². The van der Waals surface area contributed by atoms with E-state index in [9.17, 15) is 13.0 Å². The molecule has 0 aliphatic rings. The van der Waals surface area contributed by atoms with E-state index in [1.54, 1.807) is 13.0 Å². The van der Waals surface area contributed by atoms with Gasteiger partial charge in [-0.3, -0.25) is 0 Å². The van der Waals surface area contributed by atoms with Crippen LogP contribution in [0.1, 0.15) is 11.1 Å². The van der Waals surface area contributed by atoms with Crippen LogP contribution in [-0.2, 0) is 10.1 Å². The van der Waals surface area contributed by atoms with Gasteiger partial charge in [-0.05, 0) is 37.1 Å². The van der Waals surface area contributed by atoms with Crippen LogP contribution in [0.4, 0.5) is 0 Å². The summed E-state index contributed by atoms with van der Waals surface area (Å²) >= 11 is 0. The minimum absolute atomic E-state index is 0. The van der Waals surface area contributed by atoms with Crippen molar-refractivity contribution in [3.8, 4) is 0 Å². The zero-order valence-electron chi connectivity index (χ0n) is 7.87. The predicted octanol–water partition coefficient (Wildman–Crippen LogP) is -1.79. The summed E-state index contributed by atoms with van der Waals surface area (Å²) < 4.78 is 31.6. The molecule has 0 saturated heterocycles. The zero-order chi connectivity index (χ0) is 9.35. The first-order chi connectivity index (χ1) is 5.41. The Kier molecular flexibility index (Phi) is 4.20. The quantitative estimate of drug-likeness (QED) is 0.390. The minimum atomic E-state index is -4.29. The van der Waals surface area contributed by atoms with Crippen LogP contribution >= 0.6 is 0 Å². The first-order valence-corrected chi connectivity index (χ1v) is 4.85. The first-order valence-electron chi connectivity index (χ1n) is 3.44. The molecule has 1 rings (SSSR count). The van der Waals surface area contributed by atoms with Crippen molar-refractivity contribution in [2.24, 2.45) is 0 Å². The van der Waals surface area contributed by atoms with Crippen molar-refractivity contribution >= 4 is 10.1 Å². The van der Waals surface area contributed by atoms with Gasteiger partial charge in [0.1, 0.15) is 10.1 Å². The maximum Gasteiger partial charge on any atom is 1.00 e. The fourth-order valence-electron chi connectivity index (χ4n) is 0.869. The number of hydrogen-bond donors (Lipinski definition) is 0. The predicted molar refractivity (Wildman–Crippen MR) is 43.9 cm³/mol. The molecule has 13 heavy (non-hydrogen) atoms. The largest absolute Gasteiger partial charge is 1.00 e. The van der Waals surface area contributed by atoms with E-state index in [0.717, 1.165) is 11.1 Å². The normalized spacial score (nSPS) is 10.7. The molecule has 66 valence electrons. The van der Waals surface area contributed by atoms with Crippen LogP contribution in [-0.4, -0.2) is 13.0 Å². The summed E-state index contributed by atoms with van der Waals surface area (Å²) in [5.74, 6) is 0. The fraction of sp³-hybridized carbons (Fsp3) is 0.250. The van der Waals surface area contributed by atoms with Crippen molar-refractivity contribution in [2.75, 3.05) is 0 Å². The molecule has 3 nitrogen and oxygen atoms in total. The monoisotopic (exact) mass is 192 g/mol. The molecular weight excluding hydrogens is 183 g/mol. The third-order valence-electron chi connectivity index (χ3n) is 1.77. The van der Waals surface area contributed by atoms with E-state index in [4.69, 9.17) is 0 Å². The van der Waals surface area contributed by atoms with Crippen molar-refractivity contribution in [3.63, 3.8) is 0 Å². The molecule has 0 radical (unpaired) electrons. The Morgan fingerprint density at radius 3 is 2.08 bits per heavy atom. The molecule has 0 atom stereocenters. The topological polar surface area (TPSA) is 57.2 Å². The van der Waals surface area contributed by atoms with Gasteiger partial charge in [0, 0.05) is 0 Å². The summed E-state index contributed by atoms with van der Waals surface area (Å²) in [6, 6.07) is 4.34. The third-order valence-corrected chi connectivity index (χ3v) is 2.60. The molecule has 0 fully saturated rings. The summed E-state index contributed by atoms with van der Waals surface area (Å²) in [7, 11) is -4.29. The van der Waals surface area contributed by atoms with Gasteiger partial charge in [-0.15, -0.1) is 0 Å². The molecule has 1 aromatic rings. The summed E-state index contributed by atoms with van der Waals surface area (Å²) in [5, 5.41) is 0. The number of aryl methyl sites for hydroxylation is 2. The fourth-order valence-corrected chi connectivity index (χ4v) is 1.43. The smallest absolute Gasteiger partial charge is 0.744 e. The Balaban J connectivity index is 0.00000144. The average Bonchev–Trinajstić information content (AvgIpc) is 1.92. The second-order valence-corrected chi connectivity index (χ2v) is 4.08. The molecule has 0 aliphatic heterocycles. The van der Waals surface area contributed by atoms with Crippen molar-refractivity contribution in [1.29, 1.82) is 0 Å². The minimum Gasteiger partial charge on any atom is -0.744 e. The van der Waals surface area contributed by atoms with Crippen molar-refractivity contribution in [2.45, 2.75) is 18.7 Å². The van der Waals surface area contributed by atoms with Crippen LogP contribution in [0.5, 0.6) is 0 Å². The molecule has 0 unspecified atom stereocenters. The molecule has 0 heterocycles. The van der Waals surface area contributed by atoms with Crippen LogP contribution < -0.4 is 18.9 Å². The Morgan fingerprint density at radius 2 is 1.69 bits per heavy atom. The number of hydrogen-bond acceptors (Lipinski definition) is 3. The van der Waals surface area contributed by atoms with Crippen LogP contribution in [0.25, 0.3) is 0 Å². The van der Waals surface area contributed by atoms with E-state index in [-0.39, 0.29) is 23.8 Å². The van der Waals surface area contributed by atoms with Crippen molar-refractivity contribution in [3.05, 3.63) is 29.3 Å². The second-order valence-electron chi connectivity index (χ2n) is 2.70. The van der Waals surface area contributed by atoms with Crippen LogP contribution in [0.2, 0.25) is 0 Å². The maximum absolute atomic E-state index is 10.5. The first kappa shape index (κ1) is 12.7. The van der Waals surface area contributed by atoms with Gasteiger partial charge in [0.25, 0.3) is 0 Å². The van der Waals surface area contributed by atoms with Crippen LogP contribution in [0.15, 0.2) is 23.1 Å². The van der Waals surface area contributed by atoms with Crippen LogP contribution in [0.3, 0.4) is 0 Å². The average molecular weight is 192 g/mol. The standard InChI is InChI=1S/C8H10O3S.Li/c1-6-3-4-8(5-7(6)2)12(9,10)11;/h3-5H,1-2H3,(H,9,10,11);/q;+1/p-1. The molecule has 0 spiro atoms. The Bertz CT molecular complexity index is 398. The Labute approximate surface area is 90.1 Å². The molecule has 0 aliphatic carbocycles. The molecule has 5 heteroatoms. The molecule has 0 N–H and O–H groups in total. The Hall–Kier alpha value is -0.273. The van der Waals surface area contributed by atoms with Gasteiger partial charge in [0.2, 0.25) is 0 Å². The summed E-state index contributed by atoms with van der Waals surface area (Å²) in [5.41, 5.74) is 1.79. The van der Waals surface area contributed by atoms with Crippen molar-refractivity contribution < 1.29 is 31.8 Å². The second kappa shape index (κ2) is 4.29. The SMILES string of the molecule is Cc1ccc(S(=O)(=O)[O-])cc1C.[Li+]. The summed E-state index contributed by atoms with van der Waals surface area (Å²) in [6.07, 6.45) is 0. The Morgan fingerprint density at radius 1 is 1.15 bits per heavy atom. The molecule has 0 amide bonds. The van der Waals surface area contributed by atoms with Gasteiger partial charge in [0.15, 0.2) is 0 Å². The zero-order valence-corrected chi connectivity index (χ0v) is 8.68. The van der Waals surface area contributed by atoms with E-state index in [0.29, 0.717) is 0 Å². The number of benzene rings is 1. The van der Waals surface area contributed by atoms with Gasteiger partial charge >= 0.3 is 18.9 Å². The third kappa shape index (κ3) is 3.16. The molecule has 1 aromatic carbocycles. The van der Waals surface area contributed by atoms with Gasteiger partial charge < -0.3 is 4.55 Å². The molecule has 0 bridgehead atoms. The van der Waals surface area contributed by atoms with E-state index in [1.807, 2.05) is 6.92 Å². The van der Waals surface area contributed by atoms with E-state index in [2.05, 4.69) is 0 Å². The van der Waals surface area contributed by atoms with Gasteiger partial charge in [-0.2, -0.15) is 0 Å². The molecular formula is C8H9LiO3S. The molecule has 0 aromatic heterocycles. The van der Waals surface area contributed by atoms with E-state index < -0.39 is 10.1 Å². The number of rotatable bonds is 1. The molecule has 0 saturated carbocycles. The van der Waals surface area contributed by atoms with E-state index in [1.165, 1.54) is 12.1 Å². The van der Waals surface area contributed by atoms with Gasteiger partial charge in [-0.25, -0.2) is 8.42 Å². The van der Waals surface area contributed by atoms with Gasteiger partial charge in [-0.1, -0.05) is 6.07 Å². The summed E-state index contributed by atoms with van der Waals surface area (Å²) in [4.78, 5) is -0.161. The van der Waals surface area contributed by atoms with Crippen LogP contribution in [0, 0.1) is 13.8 Å². The van der Waals surface area contributed by atoms with E-state index >= 15 is 0 Å².